The number of aryl methyl sites for hydroxylation is 1. The number of aliphatic imine (C=N–C) groups is 1. The monoisotopic (exact) mass is 406 g/mol. The van der Waals surface area contributed by atoms with Crippen molar-refractivity contribution in [1.82, 2.24) is 0 Å². The standard InChI is InChI=1S/C20H17F3N2O2S/c1-2-12-7-8-14-13(10-18(26)27-17(14)9-12)11-28-19(24)25-16-6-4-3-5-15(16)20(21,22)23/h3-10H,2,11H2,1H3,(H2,24,25). The van der Waals surface area contributed by atoms with Gasteiger partial charge in [-0.05, 0) is 35.7 Å². The van der Waals surface area contributed by atoms with Gasteiger partial charge < -0.3 is 10.2 Å². The highest BCUT2D eigenvalue weighted by Gasteiger charge is 2.33. The van der Waals surface area contributed by atoms with Gasteiger partial charge in [-0.1, -0.05) is 43.0 Å². The Balaban J connectivity index is 1.87. The van der Waals surface area contributed by atoms with E-state index < -0.39 is 17.4 Å². The number of benzene rings is 2. The summed E-state index contributed by atoms with van der Waals surface area (Å²) in [5.74, 6) is 0.275. The summed E-state index contributed by atoms with van der Waals surface area (Å²) in [6.07, 6.45) is -3.71. The third-order valence-corrected chi connectivity index (χ3v) is 4.96. The Morgan fingerprint density at radius 2 is 1.93 bits per heavy atom. The van der Waals surface area contributed by atoms with Crippen molar-refractivity contribution in [1.29, 1.82) is 0 Å². The largest absolute Gasteiger partial charge is 0.423 e. The van der Waals surface area contributed by atoms with Crippen LogP contribution < -0.4 is 11.4 Å². The average Bonchev–Trinajstić information content (AvgIpc) is 2.65. The lowest BCUT2D eigenvalue weighted by Gasteiger charge is -2.10. The van der Waals surface area contributed by atoms with Crippen molar-refractivity contribution in [3.05, 3.63) is 75.6 Å². The highest BCUT2D eigenvalue weighted by atomic mass is 32.2. The van der Waals surface area contributed by atoms with Crippen LogP contribution in [-0.4, -0.2) is 5.17 Å². The number of hydrogen-bond acceptors (Lipinski definition) is 4. The fourth-order valence-corrected chi connectivity index (χ4v) is 3.43. The van der Waals surface area contributed by atoms with Crippen molar-refractivity contribution < 1.29 is 17.6 Å². The van der Waals surface area contributed by atoms with Gasteiger partial charge in [-0.25, -0.2) is 9.79 Å². The molecule has 2 aromatic carbocycles. The van der Waals surface area contributed by atoms with Crippen molar-refractivity contribution in [2.45, 2.75) is 25.3 Å². The molecular weight excluding hydrogens is 389 g/mol. The second-order valence-electron chi connectivity index (χ2n) is 6.03. The smallest absolute Gasteiger partial charge is 0.418 e. The second kappa shape index (κ2) is 8.10. The molecule has 0 radical (unpaired) electrons. The van der Waals surface area contributed by atoms with Crippen LogP contribution in [0.4, 0.5) is 18.9 Å². The molecule has 0 spiro atoms. The minimum Gasteiger partial charge on any atom is -0.423 e. The van der Waals surface area contributed by atoms with Gasteiger partial charge in [-0.3, -0.25) is 0 Å². The predicted octanol–water partition coefficient (Wildman–Crippen LogP) is 5.25. The summed E-state index contributed by atoms with van der Waals surface area (Å²) in [5, 5.41) is 0.732. The first-order chi connectivity index (χ1) is 13.3. The number of para-hydroxylation sites is 1. The fraction of sp³-hybridized carbons (Fsp3) is 0.200. The SMILES string of the molecule is CCc1ccc2c(CSC(N)=Nc3ccccc3C(F)(F)F)cc(=O)oc2c1. The molecule has 0 aliphatic carbocycles. The Kier molecular flexibility index (Phi) is 5.79. The number of hydrogen-bond donors (Lipinski definition) is 1. The summed E-state index contributed by atoms with van der Waals surface area (Å²) >= 11 is 1.06. The lowest BCUT2D eigenvalue weighted by molar-refractivity contribution is -0.137. The normalized spacial score (nSPS) is 12.5. The van der Waals surface area contributed by atoms with E-state index in [9.17, 15) is 18.0 Å². The van der Waals surface area contributed by atoms with Gasteiger partial charge in [-0.2, -0.15) is 13.2 Å². The van der Waals surface area contributed by atoms with Gasteiger partial charge in [-0.15, -0.1) is 0 Å². The molecule has 0 aliphatic heterocycles. The number of amidine groups is 1. The van der Waals surface area contributed by atoms with Crippen LogP contribution >= 0.6 is 11.8 Å². The van der Waals surface area contributed by atoms with Gasteiger partial charge in [0.15, 0.2) is 5.17 Å². The van der Waals surface area contributed by atoms with Crippen LogP contribution in [0.5, 0.6) is 0 Å². The Hall–Kier alpha value is -2.74. The number of halogens is 3. The molecule has 0 saturated heterocycles. The van der Waals surface area contributed by atoms with E-state index in [2.05, 4.69) is 4.99 Å². The molecule has 2 N–H and O–H groups in total. The third kappa shape index (κ3) is 4.56. The number of rotatable bonds is 4. The van der Waals surface area contributed by atoms with E-state index in [-0.39, 0.29) is 16.6 Å². The molecule has 0 amide bonds. The number of alkyl halides is 3. The summed E-state index contributed by atoms with van der Waals surface area (Å²) in [4.78, 5) is 15.7. The van der Waals surface area contributed by atoms with Crippen LogP contribution in [0.2, 0.25) is 0 Å². The Labute approximate surface area is 163 Å². The van der Waals surface area contributed by atoms with E-state index in [4.69, 9.17) is 10.2 Å². The molecule has 0 unspecified atom stereocenters. The average molecular weight is 406 g/mol. The molecule has 0 fully saturated rings. The first-order valence-electron chi connectivity index (χ1n) is 8.46. The lowest BCUT2D eigenvalue weighted by atomic mass is 10.1. The minimum atomic E-state index is -4.52. The minimum absolute atomic E-state index is 0.0248. The van der Waals surface area contributed by atoms with E-state index in [1.54, 1.807) is 0 Å². The first-order valence-corrected chi connectivity index (χ1v) is 9.45. The molecule has 1 aromatic heterocycles. The summed E-state index contributed by atoms with van der Waals surface area (Å²) in [6, 6.07) is 11.9. The van der Waals surface area contributed by atoms with Gasteiger partial charge >= 0.3 is 11.8 Å². The van der Waals surface area contributed by atoms with E-state index in [1.165, 1.54) is 24.3 Å². The molecule has 146 valence electrons. The highest BCUT2D eigenvalue weighted by molar-refractivity contribution is 8.13. The molecule has 3 aromatic rings. The van der Waals surface area contributed by atoms with Gasteiger partial charge in [0.1, 0.15) is 5.58 Å². The number of thioether (sulfide) groups is 1. The van der Waals surface area contributed by atoms with Gasteiger partial charge in [0.2, 0.25) is 0 Å². The number of fused-ring (bicyclic) bond motifs is 1. The molecule has 28 heavy (non-hydrogen) atoms. The number of nitrogens with two attached hydrogens (primary N) is 1. The van der Waals surface area contributed by atoms with Crippen LogP contribution in [0.15, 0.2) is 62.7 Å². The van der Waals surface area contributed by atoms with Crippen molar-refractivity contribution in [2.24, 2.45) is 10.7 Å². The number of nitrogens with zero attached hydrogens (tertiary/aromatic N) is 1. The van der Waals surface area contributed by atoms with Crippen LogP contribution in [0.1, 0.15) is 23.6 Å². The van der Waals surface area contributed by atoms with E-state index in [0.717, 1.165) is 35.2 Å². The molecule has 3 rings (SSSR count). The first kappa shape index (κ1) is 20.0. The van der Waals surface area contributed by atoms with Crippen molar-refractivity contribution in [3.8, 4) is 0 Å². The second-order valence-corrected chi connectivity index (χ2v) is 7.02. The molecule has 0 bridgehead atoms. The van der Waals surface area contributed by atoms with E-state index in [0.29, 0.717) is 11.1 Å². The zero-order chi connectivity index (χ0) is 20.3. The molecule has 0 saturated carbocycles. The summed E-state index contributed by atoms with van der Waals surface area (Å²) in [7, 11) is 0. The van der Waals surface area contributed by atoms with Crippen molar-refractivity contribution in [2.75, 3.05) is 0 Å². The summed E-state index contributed by atoms with van der Waals surface area (Å²) in [6.45, 7) is 1.99. The zero-order valence-corrected chi connectivity index (χ0v) is 15.7. The Bertz CT molecular complexity index is 1090. The van der Waals surface area contributed by atoms with Crippen molar-refractivity contribution >= 4 is 33.6 Å². The molecule has 0 aliphatic rings. The quantitative estimate of drug-likeness (QED) is 0.365. The molecular formula is C20H17F3N2O2S. The Morgan fingerprint density at radius 3 is 2.64 bits per heavy atom. The summed E-state index contributed by atoms with van der Waals surface area (Å²) in [5.41, 5.74) is 6.44. The van der Waals surface area contributed by atoms with Crippen LogP contribution in [0.3, 0.4) is 0 Å². The predicted molar refractivity (Wildman–Crippen MR) is 106 cm³/mol. The van der Waals surface area contributed by atoms with Crippen LogP contribution in [0, 0.1) is 0 Å². The van der Waals surface area contributed by atoms with Gasteiger partial charge in [0, 0.05) is 17.2 Å². The van der Waals surface area contributed by atoms with Gasteiger partial charge in [0.05, 0.1) is 11.3 Å². The molecule has 4 nitrogen and oxygen atoms in total. The third-order valence-electron chi connectivity index (χ3n) is 4.12. The van der Waals surface area contributed by atoms with Crippen LogP contribution in [-0.2, 0) is 18.3 Å². The zero-order valence-electron chi connectivity index (χ0n) is 14.9. The summed E-state index contributed by atoms with van der Waals surface area (Å²) < 4.78 is 44.5. The van der Waals surface area contributed by atoms with Gasteiger partial charge in [0.25, 0.3) is 0 Å². The maximum absolute atomic E-state index is 13.1. The molecule has 0 atom stereocenters. The molecule has 8 heteroatoms. The molecule has 1 heterocycles. The highest BCUT2D eigenvalue weighted by Crippen LogP contribution is 2.36. The van der Waals surface area contributed by atoms with Crippen molar-refractivity contribution in [3.63, 3.8) is 0 Å². The van der Waals surface area contributed by atoms with Crippen LogP contribution in [0.25, 0.3) is 11.0 Å². The fourth-order valence-electron chi connectivity index (χ4n) is 2.73. The van der Waals surface area contributed by atoms with E-state index >= 15 is 0 Å². The maximum atomic E-state index is 13.1. The maximum Gasteiger partial charge on any atom is 0.418 e. The lowest BCUT2D eigenvalue weighted by Crippen LogP contribution is -2.09. The Morgan fingerprint density at radius 1 is 1.18 bits per heavy atom. The van der Waals surface area contributed by atoms with E-state index in [1.807, 2.05) is 25.1 Å². The topological polar surface area (TPSA) is 68.6 Å².